The van der Waals surface area contributed by atoms with Crippen molar-refractivity contribution < 1.29 is 23.5 Å². The van der Waals surface area contributed by atoms with Crippen LogP contribution in [0.15, 0.2) is 82.0 Å². The number of aryl methyl sites for hydroxylation is 1. The van der Waals surface area contributed by atoms with Crippen molar-refractivity contribution >= 4 is 34.6 Å². The summed E-state index contributed by atoms with van der Waals surface area (Å²) in [5, 5.41) is 0. The Labute approximate surface area is 187 Å². The molecular formula is C25H18N2O6. The molecule has 2 amide bonds. The van der Waals surface area contributed by atoms with E-state index in [1.165, 1.54) is 28.8 Å². The molecule has 0 unspecified atom stereocenters. The van der Waals surface area contributed by atoms with Gasteiger partial charge in [-0.25, -0.2) is 14.5 Å². The number of rotatable bonds is 6. The van der Waals surface area contributed by atoms with Crippen molar-refractivity contribution in [2.45, 2.75) is 13.0 Å². The first-order chi connectivity index (χ1) is 16.0. The van der Waals surface area contributed by atoms with E-state index in [-0.39, 0.29) is 6.61 Å². The number of nitrogens with zero attached hydrogens (tertiary/aromatic N) is 2. The third-order valence-electron chi connectivity index (χ3n) is 5.49. The second kappa shape index (κ2) is 8.23. The minimum Gasteiger partial charge on any atom is -0.462 e. The predicted molar refractivity (Wildman–Crippen MR) is 119 cm³/mol. The summed E-state index contributed by atoms with van der Waals surface area (Å²) >= 11 is 0. The highest BCUT2D eigenvalue weighted by Gasteiger charge is 2.36. The van der Waals surface area contributed by atoms with Crippen LogP contribution in [-0.2, 0) is 11.3 Å². The van der Waals surface area contributed by atoms with Crippen LogP contribution in [-0.4, -0.2) is 29.0 Å². The number of carbonyl (C=O) groups excluding carboxylic acids is 3. The second-order valence-electron chi connectivity index (χ2n) is 7.51. The standard InChI is InChI=1S/C25H18N2O6/c28-22-18-6-1-2-7-19(18)23(29)27(22)17-12-10-16(11-13-17)24(30)32-15-5-14-26-20-8-3-4-9-21(20)33-25(26)31/h1-4,6-13H,5,14-15H2. The van der Waals surface area contributed by atoms with Gasteiger partial charge in [0.15, 0.2) is 5.58 Å². The fourth-order valence-electron chi connectivity index (χ4n) is 3.87. The van der Waals surface area contributed by atoms with E-state index in [1.807, 2.05) is 6.07 Å². The zero-order valence-electron chi connectivity index (χ0n) is 17.4. The Kier molecular flexibility index (Phi) is 5.10. The first kappa shape index (κ1) is 20.4. The topological polar surface area (TPSA) is 98.8 Å². The molecule has 1 aliphatic rings. The number of para-hydroxylation sites is 2. The Morgan fingerprint density at radius 1 is 0.818 bits per heavy atom. The number of fused-ring (bicyclic) bond motifs is 2. The number of benzene rings is 3. The lowest BCUT2D eigenvalue weighted by atomic mass is 10.1. The van der Waals surface area contributed by atoms with E-state index >= 15 is 0 Å². The number of hydrogen-bond acceptors (Lipinski definition) is 6. The highest BCUT2D eigenvalue weighted by atomic mass is 16.5. The fourth-order valence-corrected chi connectivity index (χ4v) is 3.87. The van der Waals surface area contributed by atoms with Gasteiger partial charge in [0.2, 0.25) is 0 Å². The van der Waals surface area contributed by atoms with Gasteiger partial charge in [-0.15, -0.1) is 0 Å². The molecule has 5 rings (SSSR count). The molecule has 2 heterocycles. The molecule has 0 N–H and O–H groups in total. The van der Waals surface area contributed by atoms with Crippen LogP contribution in [0.3, 0.4) is 0 Å². The molecule has 0 aliphatic carbocycles. The van der Waals surface area contributed by atoms with Gasteiger partial charge in [0.1, 0.15) is 0 Å². The van der Waals surface area contributed by atoms with Gasteiger partial charge in [-0.05, 0) is 55.0 Å². The Balaban J connectivity index is 1.20. The molecule has 1 aromatic heterocycles. The molecular weight excluding hydrogens is 424 g/mol. The molecule has 164 valence electrons. The highest BCUT2D eigenvalue weighted by Crippen LogP contribution is 2.28. The average molecular weight is 442 g/mol. The van der Waals surface area contributed by atoms with Crippen molar-refractivity contribution in [3.63, 3.8) is 0 Å². The summed E-state index contributed by atoms with van der Waals surface area (Å²) in [6.45, 7) is 0.465. The van der Waals surface area contributed by atoms with Crippen molar-refractivity contribution in [1.82, 2.24) is 4.57 Å². The van der Waals surface area contributed by atoms with Crippen LogP contribution in [0.5, 0.6) is 0 Å². The van der Waals surface area contributed by atoms with Crippen LogP contribution in [0.25, 0.3) is 11.1 Å². The molecule has 8 heteroatoms. The van der Waals surface area contributed by atoms with E-state index in [1.54, 1.807) is 42.5 Å². The number of aromatic nitrogens is 1. The van der Waals surface area contributed by atoms with Crippen molar-refractivity contribution in [2.24, 2.45) is 0 Å². The lowest BCUT2D eigenvalue weighted by molar-refractivity contribution is 0.0495. The monoisotopic (exact) mass is 442 g/mol. The summed E-state index contributed by atoms with van der Waals surface area (Å²) < 4.78 is 12.0. The Morgan fingerprint density at radius 3 is 2.15 bits per heavy atom. The zero-order chi connectivity index (χ0) is 22.9. The first-order valence-corrected chi connectivity index (χ1v) is 10.4. The number of amides is 2. The van der Waals surface area contributed by atoms with Gasteiger partial charge in [0.05, 0.1) is 34.5 Å². The van der Waals surface area contributed by atoms with E-state index in [4.69, 9.17) is 9.15 Å². The molecule has 0 spiro atoms. The summed E-state index contributed by atoms with van der Waals surface area (Å²) in [7, 11) is 0. The van der Waals surface area contributed by atoms with Crippen LogP contribution in [0.2, 0.25) is 0 Å². The van der Waals surface area contributed by atoms with Crippen LogP contribution >= 0.6 is 0 Å². The molecule has 0 saturated carbocycles. The van der Waals surface area contributed by atoms with Crippen LogP contribution in [0, 0.1) is 0 Å². The van der Waals surface area contributed by atoms with Gasteiger partial charge in [0, 0.05) is 6.54 Å². The number of oxazole rings is 1. The molecule has 0 radical (unpaired) electrons. The lowest BCUT2D eigenvalue weighted by Crippen LogP contribution is -2.29. The third-order valence-corrected chi connectivity index (χ3v) is 5.49. The van der Waals surface area contributed by atoms with E-state index in [0.29, 0.717) is 46.4 Å². The number of esters is 1. The van der Waals surface area contributed by atoms with Crippen LogP contribution in [0.1, 0.15) is 37.5 Å². The van der Waals surface area contributed by atoms with Crippen molar-refractivity contribution in [3.8, 4) is 0 Å². The minimum atomic E-state index is -0.534. The van der Waals surface area contributed by atoms with Crippen molar-refractivity contribution in [2.75, 3.05) is 11.5 Å². The summed E-state index contributed by atoms with van der Waals surface area (Å²) in [4.78, 5) is 50.6. The number of ether oxygens (including phenoxy) is 1. The van der Waals surface area contributed by atoms with E-state index < -0.39 is 23.5 Å². The molecule has 4 aromatic rings. The molecule has 33 heavy (non-hydrogen) atoms. The lowest BCUT2D eigenvalue weighted by Gasteiger charge is -2.14. The van der Waals surface area contributed by atoms with E-state index in [0.717, 1.165) is 4.90 Å². The summed E-state index contributed by atoms with van der Waals surface area (Å²) in [6, 6.07) is 19.9. The number of hydrogen-bond donors (Lipinski definition) is 0. The Hall–Kier alpha value is -4.46. The average Bonchev–Trinajstić information content (AvgIpc) is 3.29. The smallest absolute Gasteiger partial charge is 0.419 e. The Bertz CT molecular complexity index is 1410. The molecule has 0 fully saturated rings. The molecule has 1 aliphatic heterocycles. The van der Waals surface area contributed by atoms with Crippen LogP contribution < -0.4 is 10.7 Å². The normalized spacial score (nSPS) is 12.9. The van der Waals surface area contributed by atoms with Crippen molar-refractivity contribution in [1.29, 1.82) is 0 Å². The number of anilines is 1. The van der Waals surface area contributed by atoms with Crippen molar-refractivity contribution in [3.05, 3.63) is 100 Å². The predicted octanol–water partition coefficient (Wildman–Crippen LogP) is 3.64. The van der Waals surface area contributed by atoms with Crippen LogP contribution in [0.4, 0.5) is 5.69 Å². The first-order valence-electron chi connectivity index (χ1n) is 10.4. The number of carbonyl (C=O) groups is 3. The Morgan fingerprint density at radius 2 is 1.45 bits per heavy atom. The highest BCUT2D eigenvalue weighted by molar-refractivity contribution is 6.34. The maximum absolute atomic E-state index is 12.6. The van der Waals surface area contributed by atoms with Gasteiger partial charge in [0.25, 0.3) is 11.8 Å². The molecule has 0 bridgehead atoms. The van der Waals surface area contributed by atoms with Gasteiger partial charge in [-0.1, -0.05) is 24.3 Å². The molecule has 3 aromatic carbocycles. The quantitative estimate of drug-likeness (QED) is 0.257. The molecule has 8 nitrogen and oxygen atoms in total. The summed E-state index contributed by atoms with van der Waals surface area (Å²) in [6.07, 6.45) is 0.433. The third kappa shape index (κ3) is 3.61. The molecule has 0 saturated heterocycles. The molecule has 0 atom stereocenters. The van der Waals surface area contributed by atoms with E-state index in [9.17, 15) is 19.2 Å². The summed E-state index contributed by atoms with van der Waals surface area (Å²) in [5.74, 6) is -1.78. The SMILES string of the molecule is O=C(OCCCn1c(=O)oc2ccccc21)c1ccc(N2C(=O)c3ccccc3C2=O)cc1. The second-order valence-corrected chi connectivity index (χ2v) is 7.51. The van der Waals surface area contributed by atoms with Gasteiger partial charge < -0.3 is 9.15 Å². The largest absolute Gasteiger partial charge is 0.462 e. The van der Waals surface area contributed by atoms with Gasteiger partial charge >= 0.3 is 11.7 Å². The maximum atomic E-state index is 12.6. The van der Waals surface area contributed by atoms with Gasteiger partial charge in [-0.3, -0.25) is 14.2 Å². The summed E-state index contributed by atoms with van der Waals surface area (Å²) in [5.41, 5.74) is 2.59. The maximum Gasteiger partial charge on any atom is 0.419 e. The van der Waals surface area contributed by atoms with Gasteiger partial charge in [-0.2, -0.15) is 0 Å². The van der Waals surface area contributed by atoms with E-state index in [2.05, 4.69) is 0 Å². The minimum absolute atomic E-state index is 0.116. The zero-order valence-corrected chi connectivity index (χ0v) is 17.4. The number of imide groups is 1. The fraction of sp³-hybridized carbons (Fsp3) is 0.120.